The highest BCUT2D eigenvalue weighted by atomic mass is 16.3. The molecule has 4 nitrogen and oxygen atoms in total. The van der Waals surface area contributed by atoms with E-state index in [4.69, 9.17) is 8.83 Å². The maximum Gasteiger partial charge on any atom is 0.135 e. The van der Waals surface area contributed by atoms with Crippen molar-refractivity contribution in [2.75, 3.05) is 9.80 Å². The van der Waals surface area contributed by atoms with E-state index < -0.39 is 0 Å². The van der Waals surface area contributed by atoms with Crippen LogP contribution in [0.25, 0.3) is 176 Å². The van der Waals surface area contributed by atoms with Gasteiger partial charge in [0.1, 0.15) is 22.3 Å². The molecule has 0 saturated heterocycles. The predicted molar refractivity (Wildman–Crippen MR) is 464 cm³/mol. The molecule has 0 bridgehead atoms. The average molecular weight is 1400 g/mol. The fourth-order valence-corrected chi connectivity index (χ4v) is 16.7. The topological polar surface area (TPSA) is 32.8 Å². The van der Waals surface area contributed by atoms with Crippen LogP contribution >= 0.6 is 0 Å². The molecule has 0 amide bonds. The molecule has 2 heterocycles. The van der Waals surface area contributed by atoms with Crippen molar-refractivity contribution < 1.29 is 8.83 Å². The van der Waals surface area contributed by atoms with E-state index >= 15 is 0 Å². The van der Waals surface area contributed by atoms with Crippen LogP contribution in [0.4, 0.5) is 34.1 Å². The molecule has 19 aromatic carbocycles. The Hall–Kier alpha value is -14.6. The molecule has 0 N–H and O–H groups in total. The van der Waals surface area contributed by atoms with Gasteiger partial charge in [0.05, 0.1) is 11.4 Å². The monoisotopic (exact) mass is 1400 g/mol. The summed E-state index contributed by atoms with van der Waals surface area (Å²) in [5.74, 6) is 0. The molecule has 4 heteroatoms. The second kappa shape index (κ2) is 26.8. The quantitative estimate of drug-likeness (QED) is 0.109. The van der Waals surface area contributed by atoms with Gasteiger partial charge in [-0.05, 0) is 230 Å². The Morgan fingerprint density at radius 3 is 0.982 bits per heavy atom. The minimum Gasteiger partial charge on any atom is -0.456 e. The summed E-state index contributed by atoms with van der Waals surface area (Å²) < 4.78 is 12.8. The molecule has 21 aromatic rings. The number of rotatable bonds is 14. The maximum atomic E-state index is 6.46. The molecule has 0 aliphatic heterocycles. The Bertz CT molecular complexity index is 7130. The van der Waals surface area contributed by atoms with Gasteiger partial charge in [-0.15, -0.1) is 0 Å². The standard InChI is InChI=1S/C106H68N2O2/c1-3-19-78-64-80(38-34-69(78)16-1)73-42-53-86(54-43-73)107(101-29-12-9-23-93(101)82-49-62-105-99(66-82)97-26-10-13-30-103(97)109-105)85-51-40-72(41-52-85)71-32-36-76(37-33-71)91-60-61-92(96-25-8-7-24-95(91)96)84-48-59-94(83-50-63-106-100(67-83)98-27-11-14-31-104(98)110-106)102(68-84)108(87-55-44-74(45-56-87)81-39-35-70-17-2-4-20-79(70)65-81)88-57-46-77(47-58-88)90-28-15-21-75-18-5-6-22-89(75)90/h1-68H. The Labute approximate surface area is 637 Å². The highest BCUT2D eigenvalue weighted by Crippen LogP contribution is 2.49. The van der Waals surface area contributed by atoms with Crippen molar-refractivity contribution in [3.05, 3.63) is 413 Å². The first-order chi connectivity index (χ1) is 54.5. The lowest BCUT2D eigenvalue weighted by Gasteiger charge is -2.29. The van der Waals surface area contributed by atoms with E-state index in [0.29, 0.717) is 0 Å². The molecule has 0 aliphatic carbocycles. The van der Waals surface area contributed by atoms with Gasteiger partial charge in [-0.2, -0.15) is 0 Å². The summed E-state index contributed by atoms with van der Waals surface area (Å²) in [6.07, 6.45) is 0. The summed E-state index contributed by atoms with van der Waals surface area (Å²) in [5, 5.41) is 14.1. The molecule has 0 aliphatic rings. The first-order valence-electron chi connectivity index (χ1n) is 37.7. The second-order valence-electron chi connectivity index (χ2n) is 28.7. The SMILES string of the molecule is c1ccc(N(c2ccc(-c3ccc(-c4ccc(-c5ccc(-c6ccc7oc8ccccc8c7c6)c(N(c6ccc(-c7ccc8ccccc8c7)cc6)c6ccc(-c7cccc8ccccc78)cc6)c5)c5ccccc45)cc3)cc2)c2ccc(-c3ccc4ccccc4c3)cc2)c(-c2ccc3oc4ccccc4c3c2)c1. The summed E-state index contributed by atoms with van der Waals surface area (Å²) >= 11 is 0. The summed E-state index contributed by atoms with van der Waals surface area (Å²) in [4.78, 5) is 4.84. The van der Waals surface area contributed by atoms with Gasteiger partial charge in [0.2, 0.25) is 0 Å². The van der Waals surface area contributed by atoms with Crippen molar-refractivity contribution in [2.45, 2.75) is 0 Å². The van der Waals surface area contributed by atoms with Crippen LogP contribution in [-0.4, -0.2) is 0 Å². The van der Waals surface area contributed by atoms with Crippen molar-refractivity contribution in [2.24, 2.45) is 0 Å². The van der Waals surface area contributed by atoms with Gasteiger partial charge in [0.25, 0.3) is 0 Å². The molecule has 0 saturated carbocycles. The predicted octanol–water partition coefficient (Wildman–Crippen LogP) is 30.4. The molecule has 110 heavy (non-hydrogen) atoms. The Morgan fingerprint density at radius 2 is 0.455 bits per heavy atom. The molecule has 0 radical (unpaired) electrons. The van der Waals surface area contributed by atoms with Gasteiger partial charge in [-0.1, -0.05) is 303 Å². The minimum atomic E-state index is 0.862. The summed E-state index contributed by atoms with van der Waals surface area (Å²) in [5.41, 5.74) is 28.1. The van der Waals surface area contributed by atoms with Gasteiger partial charge < -0.3 is 18.6 Å². The van der Waals surface area contributed by atoms with Crippen LogP contribution < -0.4 is 9.80 Å². The molecule has 0 fully saturated rings. The van der Waals surface area contributed by atoms with Crippen LogP contribution in [0, 0.1) is 0 Å². The molecular weight excluding hydrogens is 1330 g/mol. The van der Waals surface area contributed by atoms with Gasteiger partial charge in [-0.3, -0.25) is 0 Å². The lowest BCUT2D eigenvalue weighted by molar-refractivity contribution is 0.668. The fourth-order valence-electron chi connectivity index (χ4n) is 16.7. The van der Waals surface area contributed by atoms with Crippen molar-refractivity contribution >= 4 is 121 Å². The zero-order valence-electron chi connectivity index (χ0n) is 60.0. The number of para-hydroxylation sites is 3. The Morgan fingerprint density at radius 1 is 0.145 bits per heavy atom. The lowest BCUT2D eigenvalue weighted by atomic mass is 9.90. The number of anilines is 6. The third kappa shape index (κ3) is 11.4. The molecule has 0 unspecified atom stereocenters. The average Bonchev–Trinajstić information content (AvgIpc) is 1.15. The summed E-state index contributed by atoms with van der Waals surface area (Å²) in [6.45, 7) is 0. The molecule has 514 valence electrons. The van der Waals surface area contributed by atoms with Crippen molar-refractivity contribution in [1.29, 1.82) is 0 Å². The number of benzene rings is 19. The van der Waals surface area contributed by atoms with Gasteiger partial charge in [0, 0.05) is 55.4 Å². The van der Waals surface area contributed by atoms with E-state index in [1.165, 1.54) is 65.3 Å². The first kappa shape index (κ1) is 63.9. The molecule has 0 spiro atoms. The Balaban J connectivity index is 0.649. The van der Waals surface area contributed by atoms with Crippen LogP contribution in [0.5, 0.6) is 0 Å². The lowest BCUT2D eigenvalue weighted by Crippen LogP contribution is -2.11. The maximum absolute atomic E-state index is 6.46. The summed E-state index contributed by atoms with van der Waals surface area (Å²) in [6, 6.07) is 151. The number of nitrogens with zero attached hydrogens (tertiary/aromatic N) is 2. The normalized spacial score (nSPS) is 11.6. The first-order valence-corrected chi connectivity index (χ1v) is 37.7. The zero-order valence-corrected chi connectivity index (χ0v) is 60.0. The largest absolute Gasteiger partial charge is 0.456 e. The van der Waals surface area contributed by atoms with Crippen LogP contribution in [0.1, 0.15) is 0 Å². The minimum absolute atomic E-state index is 0.862. The molecular formula is C106H68N2O2. The smallest absolute Gasteiger partial charge is 0.135 e. The van der Waals surface area contributed by atoms with E-state index in [1.807, 2.05) is 18.2 Å². The van der Waals surface area contributed by atoms with E-state index in [2.05, 4.69) is 404 Å². The van der Waals surface area contributed by atoms with Crippen LogP contribution in [0.2, 0.25) is 0 Å². The van der Waals surface area contributed by atoms with Crippen molar-refractivity contribution in [3.63, 3.8) is 0 Å². The molecule has 2 aromatic heterocycles. The van der Waals surface area contributed by atoms with E-state index in [9.17, 15) is 0 Å². The Kier molecular flexibility index (Phi) is 15.5. The number of hydrogen-bond donors (Lipinski definition) is 0. The highest BCUT2D eigenvalue weighted by Gasteiger charge is 2.24. The third-order valence-corrected chi connectivity index (χ3v) is 22.3. The molecule has 21 rings (SSSR count). The summed E-state index contributed by atoms with van der Waals surface area (Å²) in [7, 11) is 0. The fraction of sp³-hybridized carbons (Fsp3) is 0. The molecule has 0 atom stereocenters. The van der Waals surface area contributed by atoms with E-state index in [1.54, 1.807) is 0 Å². The highest BCUT2D eigenvalue weighted by molar-refractivity contribution is 6.10. The van der Waals surface area contributed by atoms with Crippen molar-refractivity contribution in [3.8, 4) is 89.0 Å². The number of furan rings is 2. The number of hydrogen-bond acceptors (Lipinski definition) is 4. The zero-order chi connectivity index (χ0) is 72.6. The van der Waals surface area contributed by atoms with Gasteiger partial charge in [-0.25, -0.2) is 0 Å². The van der Waals surface area contributed by atoms with Crippen LogP contribution in [0.3, 0.4) is 0 Å². The van der Waals surface area contributed by atoms with E-state index in [-0.39, 0.29) is 0 Å². The van der Waals surface area contributed by atoms with Crippen LogP contribution in [-0.2, 0) is 0 Å². The van der Waals surface area contributed by atoms with E-state index in [0.717, 1.165) is 145 Å². The van der Waals surface area contributed by atoms with Gasteiger partial charge >= 0.3 is 0 Å². The third-order valence-electron chi connectivity index (χ3n) is 22.3. The van der Waals surface area contributed by atoms with Crippen molar-refractivity contribution in [1.82, 2.24) is 0 Å². The van der Waals surface area contributed by atoms with Gasteiger partial charge in [0.15, 0.2) is 0 Å². The second-order valence-corrected chi connectivity index (χ2v) is 28.7. The van der Waals surface area contributed by atoms with Crippen LogP contribution in [0.15, 0.2) is 421 Å². The number of fused-ring (bicyclic) bond motifs is 10.